The van der Waals surface area contributed by atoms with Gasteiger partial charge >= 0.3 is 0 Å². The van der Waals surface area contributed by atoms with E-state index in [1.807, 2.05) is 23.0 Å². The Labute approximate surface area is 172 Å². The highest BCUT2D eigenvalue weighted by Gasteiger charge is 2.32. The molecule has 0 bridgehead atoms. The van der Waals surface area contributed by atoms with Gasteiger partial charge in [0.1, 0.15) is 10.9 Å². The molecule has 1 aromatic heterocycles. The number of rotatable bonds is 4. The van der Waals surface area contributed by atoms with E-state index in [1.165, 1.54) is 18.2 Å². The Morgan fingerprint density at radius 2 is 1.64 bits per heavy atom. The quantitative estimate of drug-likeness (QED) is 0.568. The summed E-state index contributed by atoms with van der Waals surface area (Å²) in [5, 5.41) is 0.757. The number of thioether (sulfide) groups is 1. The van der Waals surface area contributed by atoms with E-state index in [2.05, 4.69) is 23.8 Å². The van der Waals surface area contributed by atoms with E-state index in [1.54, 1.807) is 0 Å². The van der Waals surface area contributed by atoms with Crippen molar-refractivity contribution in [3.63, 3.8) is 0 Å². The number of aryl methyl sites for hydroxylation is 1. The average molecular weight is 405 g/mol. The lowest BCUT2D eigenvalue weighted by molar-refractivity contribution is -0.137. The van der Waals surface area contributed by atoms with Crippen LogP contribution in [0.4, 0.5) is 0 Å². The van der Waals surface area contributed by atoms with Gasteiger partial charge in [0.15, 0.2) is 0 Å². The standard InChI is InChI=1S/C21H32N4O2S/c1-14(2)18-22-15(3)17(19(23-18)28-4)21(27)25-12-8-16(9-13-25)20(26)24-10-6-5-7-11-24/h14,16H,5-13H2,1-4H3. The topological polar surface area (TPSA) is 66.4 Å². The molecule has 154 valence electrons. The van der Waals surface area contributed by atoms with Crippen molar-refractivity contribution < 1.29 is 9.59 Å². The van der Waals surface area contributed by atoms with Crippen LogP contribution in [0.15, 0.2) is 5.03 Å². The third-order valence-corrected chi connectivity index (χ3v) is 6.48. The molecule has 0 radical (unpaired) electrons. The molecule has 3 rings (SSSR count). The minimum atomic E-state index is 0.000951. The molecule has 0 atom stereocenters. The number of aromatic nitrogens is 2. The van der Waals surface area contributed by atoms with Crippen molar-refractivity contribution in [1.29, 1.82) is 0 Å². The number of carbonyl (C=O) groups is 2. The molecule has 3 heterocycles. The van der Waals surface area contributed by atoms with Crippen LogP contribution in [-0.2, 0) is 4.79 Å². The zero-order valence-electron chi connectivity index (χ0n) is 17.5. The van der Waals surface area contributed by atoms with Crippen LogP contribution in [0.2, 0.25) is 0 Å². The molecule has 0 saturated carbocycles. The first-order chi connectivity index (χ1) is 13.4. The maximum absolute atomic E-state index is 13.2. The Hall–Kier alpha value is -1.63. The first kappa shape index (κ1) is 21.1. The van der Waals surface area contributed by atoms with Crippen LogP contribution in [0.1, 0.15) is 73.7 Å². The lowest BCUT2D eigenvalue weighted by Gasteiger charge is -2.35. The van der Waals surface area contributed by atoms with Crippen LogP contribution in [0.3, 0.4) is 0 Å². The molecule has 0 unspecified atom stereocenters. The van der Waals surface area contributed by atoms with Gasteiger partial charge < -0.3 is 9.80 Å². The predicted octanol–water partition coefficient (Wildman–Crippen LogP) is 3.50. The van der Waals surface area contributed by atoms with Crippen molar-refractivity contribution in [2.24, 2.45) is 5.92 Å². The fourth-order valence-electron chi connectivity index (χ4n) is 4.08. The summed E-state index contributed by atoms with van der Waals surface area (Å²) in [6, 6.07) is 0. The van der Waals surface area contributed by atoms with Gasteiger partial charge in [-0.3, -0.25) is 9.59 Å². The molecule has 2 amide bonds. The van der Waals surface area contributed by atoms with Gasteiger partial charge in [-0.05, 0) is 45.3 Å². The Morgan fingerprint density at radius 1 is 1.00 bits per heavy atom. The van der Waals surface area contributed by atoms with Gasteiger partial charge in [-0.2, -0.15) is 0 Å². The largest absolute Gasteiger partial charge is 0.342 e. The van der Waals surface area contributed by atoms with Gasteiger partial charge in [0.25, 0.3) is 5.91 Å². The molecule has 7 heteroatoms. The van der Waals surface area contributed by atoms with Gasteiger partial charge in [-0.1, -0.05) is 13.8 Å². The van der Waals surface area contributed by atoms with E-state index < -0.39 is 0 Å². The smallest absolute Gasteiger partial charge is 0.258 e. The van der Waals surface area contributed by atoms with Crippen LogP contribution >= 0.6 is 11.8 Å². The number of likely N-dealkylation sites (tertiary alicyclic amines) is 2. The third kappa shape index (κ3) is 4.50. The minimum absolute atomic E-state index is 0.000951. The molecule has 2 saturated heterocycles. The van der Waals surface area contributed by atoms with Gasteiger partial charge in [0.2, 0.25) is 5.91 Å². The molecule has 0 aromatic carbocycles. The number of carbonyl (C=O) groups excluding carboxylic acids is 2. The Kier molecular flexibility index (Phi) is 6.96. The van der Waals surface area contributed by atoms with E-state index in [9.17, 15) is 9.59 Å². The van der Waals surface area contributed by atoms with Crippen molar-refractivity contribution in [3.8, 4) is 0 Å². The van der Waals surface area contributed by atoms with Crippen LogP contribution in [0.25, 0.3) is 0 Å². The zero-order chi connectivity index (χ0) is 20.3. The molecule has 2 aliphatic rings. The summed E-state index contributed by atoms with van der Waals surface area (Å²) in [5.41, 5.74) is 1.37. The van der Waals surface area contributed by atoms with Gasteiger partial charge in [-0.15, -0.1) is 11.8 Å². The Balaban J connectivity index is 1.67. The summed E-state index contributed by atoms with van der Waals surface area (Å²) >= 11 is 1.50. The van der Waals surface area contributed by atoms with Crippen LogP contribution in [0.5, 0.6) is 0 Å². The Bertz CT molecular complexity index is 723. The Morgan fingerprint density at radius 3 is 2.21 bits per heavy atom. The lowest BCUT2D eigenvalue weighted by atomic mass is 9.94. The molecule has 28 heavy (non-hydrogen) atoms. The highest BCUT2D eigenvalue weighted by Crippen LogP contribution is 2.27. The number of hydrogen-bond acceptors (Lipinski definition) is 5. The third-order valence-electron chi connectivity index (χ3n) is 5.80. The molecule has 0 spiro atoms. The molecule has 0 N–H and O–H groups in total. The van der Waals surface area contributed by atoms with Gasteiger partial charge in [-0.25, -0.2) is 9.97 Å². The summed E-state index contributed by atoms with van der Waals surface area (Å²) in [5.74, 6) is 1.36. The molecule has 1 aromatic rings. The highest BCUT2D eigenvalue weighted by molar-refractivity contribution is 7.98. The molecule has 0 aliphatic carbocycles. The van der Waals surface area contributed by atoms with E-state index in [0.29, 0.717) is 18.7 Å². The van der Waals surface area contributed by atoms with E-state index in [4.69, 9.17) is 0 Å². The summed E-state index contributed by atoms with van der Waals surface area (Å²) in [4.78, 5) is 39.0. The van der Waals surface area contributed by atoms with Crippen molar-refractivity contribution in [2.75, 3.05) is 32.4 Å². The number of amides is 2. The van der Waals surface area contributed by atoms with Crippen LogP contribution in [-0.4, -0.2) is 64.0 Å². The van der Waals surface area contributed by atoms with E-state index in [0.717, 1.165) is 55.3 Å². The fraction of sp³-hybridized carbons (Fsp3) is 0.714. The monoisotopic (exact) mass is 404 g/mol. The van der Waals surface area contributed by atoms with Gasteiger partial charge in [0, 0.05) is 38.0 Å². The summed E-state index contributed by atoms with van der Waals surface area (Å²) in [7, 11) is 0. The molecule has 2 aliphatic heterocycles. The summed E-state index contributed by atoms with van der Waals surface area (Å²) in [6.07, 6.45) is 6.91. The van der Waals surface area contributed by atoms with Crippen LogP contribution in [0, 0.1) is 12.8 Å². The number of piperidine rings is 2. The predicted molar refractivity (Wildman–Crippen MR) is 112 cm³/mol. The first-order valence-corrected chi connectivity index (χ1v) is 11.7. The molecular weight excluding hydrogens is 372 g/mol. The average Bonchev–Trinajstić information content (AvgIpc) is 2.72. The SMILES string of the molecule is CSc1nc(C(C)C)nc(C)c1C(=O)N1CCC(C(=O)N2CCCCC2)CC1. The highest BCUT2D eigenvalue weighted by atomic mass is 32.2. The van der Waals surface area contributed by atoms with Crippen molar-refractivity contribution in [2.45, 2.75) is 63.8 Å². The molecule has 2 fully saturated rings. The second-order valence-corrected chi connectivity index (χ2v) is 8.95. The lowest BCUT2D eigenvalue weighted by Crippen LogP contribution is -2.46. The maximum atomic E-state index is 13.2. The van der Waals surface area contributed by atoms with Crippen molar-refractivity contribution in [1.82, 2.24) is 19.8 Å². The van der Waals surface area contributed by atoms with Crippen LogP contribution < -0.4 is 0 Å². The second kappa shape index (κ2) is 9.25. The van der Waals surface area contributed by atoms with Crippen molar-refractivity contribution >= 4 is 23.6 Å². The zero-order valence-corrected chi connectivity index (χ0v) is 18.3. The molecular formula is C21H32N4O2S. The van der Waals surface area contributed by atoms with Gasteiger partial charge in [0.05, 0.1) is 11.3 Å². The maximum Gasteiger partial charge on any atom is 0.258 e. The summed E-state index contributed by atoms with van der Waals surface area (Å²) < 4.78 is 0. The summed E-state index contributed by atoms with van der Waals surface area (Å²) in [6.45, 7) is 9.06. The fourth-order valence-corrected chi connectivity index (χ4v) is 4.70. The first-order valence-electron chi connectivity index (χ1n) is 10.4. The van der Waals surface area contributed by atoms with E-state index >= 15 is 0 Å². The van der Waals surface area contributed by atoms with Crippen molar-refractivity contribution in [3.05, 3.63) is 17.1 Å². The molecule has 6 nitrogen and oxygen atoms in total. The number of hydrogen-bond donors (Lipinski definition) is 0. The number of nitrogens with zero attached hydrogens (tertiary/aromatic N) is 4. The second-order valence-electron chi connectivity index (χ2n) is 8.16. The van der Waals surface area contributed by atoms with E-state index in [-0.39, 0.29) is 23.7 Å². The normalized spacial score (nSPS) is 18.6. The minimum Gasteiger partial charge on any atom is -0.342 e.